The van der Waals surface area contributed by atoms with Crippen LogP contribution in [0.25, 0.3) is 0 Å². The van der Waals surface area contributed by atoms with Crippen LogP contribution in [0.5, 0.6) is 0 Å². The molecule has 0 bridgehead atoms. The topological polar surface area (TPSA) is 43.4 Å². The second kappa shape index (κ2) is 8.46. The van der Waals surface area contributed by atoms with E-state index >= 15 is 0 Å². The molecule has 0 fully saturated rings. The minimum atomic E-state index is -0.714. The van der Waals surface area contributed by atoms with Gasteiger partial charge >= 0.3 is 5.97 Å². The molecule has 1 rings (SSSR count). The molecule has 0 saturated heterocycles. The van der Waals surface area contributed by atoms with Crippen molar-refractivity contribution >= 4 is 11.8 Å². The number of rotatable bonds is 8. The van der Waals surface area contributed by atoms with Crippen molar-refractivity contribution in [3.8, 4) is 0 Å². The highest BCUT2D eigenvalue weighted by molar-refractivity contribution is 6.33. The van der Waals surface area contributed by atoms with Crippen molar-refractivity contribution in [2.75, 3.05) is 0 Å². The van der Waals surface area contributed by atoms with Crippen LogP contribution < -0.4 is 0 Å². The minimum absolute atomic E-state index is 0.164. The number of Topliss-reactive ketones (excluding diaryl/α,β-unsaturated/α-hetero) is 1. The number of carbonyl (C=O) groups is 2. The predicted molar refractivity (Wildman–Crippen MR) is 74.6 cm³/mol. The molecule has 1 aromatic carbocycles. The molecule has 3 nitrogen and oxygen atoms in total. The summed E-state index contributed by atoms with van der Waals surface area (Å²) in [5.41, 5.74) is 0.892. The molecule has 0 aromatic heterocycles. The number of carbonyl (C=O) groups excluding carboxylic acids is 2. The van der Waals surface area contributed by atoms with Crippen LogP contribution in [0, 0.1) is 5.92 Å². The van der Waals surface area contributed by atoms with Gasteiger partial charge in [0, 0.05) is 6.42 Å². The molecule has 0 aliphatic carbocycles. The maximum atomic E-state index is 11.5. The second-order valence-corrected chi connectivity index (χ2v) is 5.12. The third-order valence-electron chi connectivity index (χ3n) is 2.88. The predicted octanol–water partition coefficient (Wildman–Crippen LogP) is 3.52. The van der Waals surface area contributed by atoms with Crippen LogP contribution in [-0.2, 0) is 20.9 Å². The van der Waals surface area contributed by atoms with E-state index in [1.165, 1.54) is 0 Å². The monoisotopic (exact) mass is 262 g/mol. The number of esters is 1. The van der Waals surface area contributed by atoms with Gasteiger partial charge in [0.15, 0.2) is 0 Å². The van der Waals surface area contributed by atoms with Gasteiger partial charge in [-0.05, 0) is 17.9 Å². The Morgan fingerprint density at radius 3 is 2.42 bits per heavy atom. The van der Waals surface area contributed by atoms with E-state index in [4.69, 9.17) is 4.74 Å². The first kappa shape index (κ1) is 15.4. The third-order valence-corrected chi connectivity index (χ3v) is 2.88. The first-order valence-corrected chi connectivity index (χ1v) is 6.83. The number of benzene rings is 1. The highest BCUT2D eigenvalue weighted by atomic mass is 16.5. The molecule has 104 valence electrons. The van der Waals surface area contributed by atoms with Crippen LogP contribution in [0.1, 0.15) is 45.1 Å². The van der Waals surface area contributed by atoms with Gasteiger partial charge in [-0.1, -0.05) is 57.0 Å². The van der Waals surface area contributed by atoms with E-state index in [2.05, 4.69) is 13.8 Å². The fourth-order valence-electron chi connectivity index (χ4n) is 1.74. The average Bonchev–Trinajstić information content (AvgIpc) is 2.41. The fourth-order valence-corrected chi connectivity index (χ4v) is 1.74. The van der Waals surface area contributed by atoms with Crippen LogP contribution in [0.2, 0.25) is 0 Å². The Hall–Kier alpha value is -1.64. The highest BCUT2D eigenvalue weighted by Crippen LogP contribution is 2.09. The lowest BCUT2D eigenvalue weighted by atomic mass is 10.0. The lowest BCUT2D eigenvalue weighted by molar-refractivity contribution is -0.154. The summed E-state index contributed by atoms with van der Waals surface area (Å²) in [6.07, 6.45) is 3.12. The van der Waals surface area contributed by atoms with Gasteiger partial charge in [0.25, 0.3) is 0 Å². The molecule has 0 saturated carbocycles. The molecular weight excluding hydrogens is 240 g/mol. The SMILES string of the molecule is CC(C)CCCCC(=O)C(=O)OCc1ccccc1. The first-order chi connectivity index (χ1) is 9.09. The molecule has 0 radical (unpaired) electrons. The summed E-state index contributed by atoms with van der Waals surface area (Å²) in [5, 5.41) is 0. The number of ketones is 1. The van der Waals surface area contributed by atoms with Crippen molar-refractivity contribution in [1.82, 2.24) is 0 Å². The molecule has 0 aliphatic rings. The Labute approximate surface area is 115 Å². The Morgan fingerprint density at radius 1 is 1.11 bits per heavy atom. The van der Waals surface area contributed by atoms with Crippen LogP contribution in [-0.4, -0.2) is 11.8 Å². The van der Waals surface area contributed by atoms with Crippen LogP contribution >= 0.6 is 0 Å². The van der Waals surface area contributed by atoms with E-state index in [1.54, 1.807) is 0 Å². The smallest absolute Gasteiger partial charge is 0.374 e. The summed E-state index contributed by atoms with van der Waals surface area (Å²) in [4.78, 5) is 23.0. The standard InChI is InChI=1S/C16H22O3/c1-13(2)8-6-7-11-15(17)16(18)19-12-14-9-4-3-5-10-14/h3-5,9-10,13H,6-8,11-12H2,1-2H3. The highest BCUT2D eigenvalue weighted by Gasteiger charge is 2.14. The average molecular weight is 262 g/mol. The molecule has 0 unspecified atom stereocenters. The molecule has 0 aliphatic heterocycles. The summed E-state index contributed by atoms with van der Waals surface area (Å²) in [6, 6.07) is 9.36. The van der Waals surface area contributed by atoms with E-state index in [0.717, 1.165) is 24.8 Å². The van der Waals surface area contributed by atoms with Crippen molar-refractivity contribution in [2.24, 2.45) is 5.92 Å². The third kappa shape index (κ3) is 6.75. The van der Waals surface area contributed by atoms with Gasteiger partial charge < -0.3 is 4.74 Å². The van der Waals surface area contributed by atoms with Gasteiger partial charge in [0.05, 0.1) is 0 Å². The van der Waals surface area contributed by atoms with Gasteiger partial charge in [-0.2, -0.15) is 0 Å². The van der Waals surface area contributed by atoms with Crippen molar-refractivity contribution in [1.29, 1.82) is 0 Å². The van der Waals surface area contributed by atoms with Crippen LogP contribution in [0.4, 0.5) is 0 Å². The van der Waals surface area contributed by atoms with Gasteiger partial charge in [0.2, 0.25) is 5.78 Å². The van der Waals surface area contributed by atoms with Gasteiger partial charge in [-0.3, -0.25) is 4.79 Å². The summed E-state index contributed by atoms with van der Waals surface area (Å²) in [5.74, 6) is -0.492. The molecule has 0 atom stereocenters. The molecule has 3 heteroatoms. The molecule has 0 heterocycles. The summed E-state index contributed by atoms with van der Waals surface area (Å²) in [7, 11) is 0. The van der Waals surface area contributed by atoms with Gasteiger partial charge in [-0.25, -0.2) is 4.79 Å². The number of ether oxygens (including phenoxy) is 1. The van der Waals surface area contributed by atoms with Gasteiger partial charge in [0.1, 0.15) is 6.61 Å². The zero-order valence-corrected chi connectivity index (χ0v) is 11.7. The molecule has 0 N–H and O–H groups in total. The second-order valence-electron chi connectivity index (χ2n) is 5.12. The minimum Gasteiger partial charge on any atom is -0.455 e. The van der Waals surface area contributed by atoms with Gasteiger partial charge in [-0.15, -0.1) is 0 Å². The normalized spacial score (nSPS) is 10.5. The number of hydrogen-bond acceptors (Lipinski definition) is 3. The van der Waals surface area contributed by atoms with Crippen molar-refractivity contribution < 1.29 is 14.3 Å². The Bertz CT molecular complexity index is 396. The maximum Gasteiger partial charge on any atom is 0.374 e. The van der Waals surface area contributed by atoms with E-state index < -0.39 is 11.8 Å². The molecule has 19 heavy (non-hydrogen) atoms. The molecule has 1 aromatic rings. The number of unbranched alkanes of at least 4 members (excludes halogenated alkanes) is 1. The van der Waals surface area contributed by atoms with Crippen LogP contribution in [0.3, 0.4) is 0 Å². The van der Waals surface area contributed by atoms with E-state index in [1.807, 2.05) is 30.3 Å². The number of hydrogen-bond donors (Lipinski definition) is 0. The Balaban J connectivity index is 2.20. The molecule has 0 spiro atoms. The molecular formula is C16H22O3. The lowest BCUT2D eigenvalue weighted by Crippen LogP contribution is -2.17. The summed E-state index contributed by atoms with van der Waals surface area (Å²) < 4.78 is 4.98. The summed E-state index contributed by atoms with van der Waals surface area (Å²) in [6.45, 7) is 4.46. The van der Waals surface area contributed by atoms with E-state index in [-0.39, 0.29) is 6.61 Å². The first-order valence-electron chi connectivity index (χ1n) is 6.83. The lowest BCUT2D eigenvalue weighted by Gasteiger charge is -2.05. The molecule has 0 amide bonds. The van der Waals surface area contributed by atoms with Crippen LogP contribution in [0.15, 0.2) is 30.3 Å². The van der Waals surface area contributed by atoms with E-state index in [0.29, 0.717) is 12.3 Å². The van der Waals surface area contributed by atoms with Crippen molar-refractivity contribution in [2.45, 2.75) is 46.1 Å². The largest absolute Gasteiger partial charge is 0.455 e. The van der Waals surface area contributed by atoms with E-state index in [9.17, 15) is 9.59 Å². The summed E-state index contributed by atoms with van der Waals surface area (Å²) >= 11 is 0. The Kier molecular flexibility index (Phi) is 6.86. The maximum absolute atomic E-state index is 11.5. The fraction of sp³-hybridized carbons (Fsp3) is 0.500. The quantitative estimate of drug-likeness (QED) is 0.409. The Morgan fingerprint density at radius 2 is 1.79 bits per heavy atom. The zero-order chi connectivity index (χ0) is 14.1. The van der Waals surface area contributed by atoms with Crippen molar-refractivity contribution in [3.05, 3.63) is 35.9 Å². The zero-order valence-electron chi connectivity index (χ0n) is 11.7. The van der Waals surface area contributed by atoms with Crippen molar-refractivity contribution in [3.63, 3.8) is 0 Å².